The summed E-state index contributed by atoms with van der Waals surface area (Å²) in [5.74, 6) is -0.197. The Morgan fingerprint density at radius 3 is 2.40 bits per heavy atom. The van der Waals surface area contributed by atoms with Crippen molar-refractivity contribution in [3.05, 3.63) is 112 Å². The average Bonchev–Trinajstić information content (AvgIpc) is 3.88. The first-order valence-electron chi connectivity index (χ1n) is 16.0. The largest absolute Gasteiger partial charge is 0.464 e. The molecule has 0 unspecified atom stereocenters. The molecule has 242 valence electrons. The number of thiazole rings is 1. The van der Waals surface area contributed by atoms with Crippen molar-refractivity contribution in [2.45, 2.75) is 56.0 Å². The molecule has 2 aliphatic rings. The summed E-state index contributed by atoms with van der Waals surface area (Å²) < 4.78 is 45.1. The van der Waals surface area contributed by atoms with Gasteiger partial charge in [-0.05, 0) is 61.1 Å². The Labute approximate surface area is 274 Å². The lowest BCUT2D eigenvalue weighted by Crippen LogP contribution is -2.39. The van der Waals surface area contributed by atoms with Crippen molar-refractivity contribution in [2.75, 3.05) is 19.6 Å². The zero-order valence-corrected chi connectivity index (χ0v) is 26.5. The number of nitrogens with zero attached hydrogens (tertiary/aromatic N) is 2. The van der Waals surface area contributed by atoms with Gasteiger partial charge in [-0.25, -0.2) is 4.98 Å². The molecule has 0 radical (unpaired) electrons. The smallest absolute Gasteiger partial charge is 0.416 e. The summed E-state index contributed by atoms with van der Waals surface area (Å²) in [5.41, 5.74) is 3.17. The zero-order chi connectivity index (χ0) is 32.6. The van der Waals surface area contributed by atoms with Crippen molar-refractivity contribution in [3.63, 3.8) is 0 Å². The van der Waals surface area contributed by atoms with Crippen molar-refractivity contribution >= 4 is 34.1 Å². The molecule has 1 saturated carbocycles. The van der Waals surface area contributed by atoms with E-state index in [1.54, 1.807) is 29.2 Å². The molecule has 2 amide bonds. The SMILES string of the molecule is O=C(NCC1(c2coc3ccccc23)CCCC1)c1csc(C2CCN(C(=O)c3ccccc3-c3ccc(C(F)(F)F)cc3)CC2)n1. The van der Waals surface area contributed by atoms with Crippen LogP contribution in [0.15, 0.2) is 88.9 Å². The molecule has 1 aliphatic carbocycles. The summed E-state index contributed by atoms with van der Waals surface area (Å²) in [5, 5.41) is 6.99. The summed E-state index contributed by atoms with van der Waals surface area (Å²) in [6.45, 7) is 1.57. The van der Waals surface area contributed by atoms with E-state index in [2.05, 4.69) is 11.4 Å². The van der Waals surface area contributed by atoms with Crippen molar-refractivity contribution in [3.8, 4) is 11.1 Å². The van der Waals surface area contributed by atoms with Gasteiger partial charge >= 0.3 is 6.18 Å². The third-order valence-corrected chi connectivity index (χ3v) is 10.8. The van der Waals surface area contributed by atoms with Crippen LogP contribution in [-0.2, 0) is 11.6 Å². The molecule has 1 N–H and O–H groups in total. The van der Waals surface area contributed by atoms with Crippen LogP contribution in [0.3, 0.4) is 0 Å². The number of carbonyl (C=O) groups excluding carboxylic acids is 2. The quantitative estimate of drug-likeness (QED) is 0.190. The minimum absolute atomic E-state index is 0.134. The molecule has 0 bridgehead atoms. The Morgan fingerprint density at radius 1 is 0.957 bits per heavy atom. The minimum Gasteiger partial charge on any atom is -0.464 e. The maximum atomic E-state index is 13.6. The van der Waals surface area contributed by atoms with Crippen LogP contribution in [0, 0.1) is 0 Å². The van der Waals surface area contributed by atoms with Gasteiger partial charge in [0, 0.05) is 52.9 Å². The van der Waals surface area contributed by atoms with Gasteiger partial charge in [0.05, 0.1) is 16.8 Å². The number of carbonyl (C=O) groups is 2. The third-order valence-electron chi connectivity index (χ3n) is 9.77. The molecule has 3 heterocycles. The van der Waals surface area contributed by atoms with E-state index >= 15 is 0 Å². The fourth-order valence-electron chi connectivity index (χ4n) is 7.16. The Bertz CT molecular complexity index is 1900. The first-order valence-corrected chi connectivity index (χ1v) is 16.9. The second-order valence-corrected chi connectivity index (χ2v) is 13.5. The molecule has 6 nitrogen and oxygen atoms in total. The predicted octanol–water partition coefficient (Wildman–Crippen LogP) is 8.84. The summed E-state index contributed by atoms with van der Waals surface area (Å²) in [6.07, 6.45) is 3.05. The summed E-state index contributed by atoms with van der Waals surface area (Å²) in [7, 11) is 0. The Morgan fingerprint density at radius 2 is 1.66 bits per heavy atom. The Hall–Kier alpha value is -4.44. The molecule has 3 aromatic carbocycles. The molecule has 1 saturated heterocycles. The van der Waals surface area contributed by atoms with E-state index in [-0.39, 0.29) is 23.1 Å². The number of piperidine rings is 1. The second kappa shape index (κ2) is 12.6. The minimum atomic E-state index is -4.42. The molecule has 1 aliphatic heterocycles. The monoisotopic (exact) mass is 657 g/mol. The number of nitrogens with one attached hydrogen (secondary N) is 1. The van der Waals surface area contributed by atoms with Crippen LogP contribution in [-0.4, -0.2) is 41.3 Å². The zero-order valence-electron chi connectivity index (χ0n) is 25.7. The van der Waals surface area contributed by atoms with E-state index in [0.29, 0.717) is 54.9 Å². The van der Waals surface area contributed by atoms with E-state index < -0.39 is 11.7 Å². The second-order valence-electron chi connectivity index (χ2n) is 12.6. The molecule has 5 aromatic rings. The highest BCUT2D eigenvalue weighted by atomic mass is 32.1. The van der Waals surface area contributed by atoms with Crippen LogP contribution in [0.5, 0.6) is 0 Å². The standard InChI is InChI=1S/C37H34F3N3O3S/c38-37(39,40)26-13-11-24(12-14-26)27-7-1-2-8-28(27)35(45)43-19-15-25(16-20-43)34-42-31(22-47-34)33(44)41-23-36(17-5-6-18-36)30-21-46-32-10-4-3-9-29(30)32/h1-4,7-14,21-22,25H,5-6,15-20,23H2,(H,41,44). The van der Waals surface area contributed by atoms with Crippen molar-refractivity contribution < 1.29 is 27.2 Å². The van der Waals surface area contributed by atoms with E-state index in [9.17, 15) is 22.8 Å². The van der Waals surface area contributed by atoms with E-state index in [4.69, 9.17) is 9.40 Å². The number of hydrogen-bond acceptors (Lipinski definition) is 5. The number of benzene rings is 3. The van der Waals surface area contributed by atoms with Gasteiger partial charge in [0.1, 0.15) is 11.3 Å². The van der Waals surface area contributed by atoms with Crippen LogP contribution in [0.25, 0.3) is 22.1 Å². The molecule has 7 rings (SSSR count). The number of rotatable bonds is 7. The van der Waals surface area contributed by atoms with Crippen LogP contribution in [0.4, 0.5) is 13.2 Å². The van der Waals surface area contributed by atoms with Gasteiger partial charge in [0.2, 0.25) is 0 Å². The van der Waals surface area contributed by atoms with E-state index in [0.717, 1.165) is 59.4 Å². The van der Waals surface area contributed by atoms with Gasteiger partial charge in [-0.2, -0.15) is 13.2 Å². The highest BCUT2D eigenvalue weighted by molar-refractivity contribution is 7.09. The number of furan rings is 1. The van der Waals surface area contributed by atoms with Crippen LogP contribution in [0.2, 0.25) is 0 Å². The van der Waals surface area contributed by atoms with Gasteiger partial charge in [-0.15, -0.1) is 11.3 Å². The fourth-order valence-corrected chi connectivity index (χ4v) is 8.13. The summed E-state index contributed by atoms with van der Waals surface area (Å²) >= 11 is 1.48. The first-order chi connectivity index (χ1) is 22.7. The van der Waals surface area contributed by atoms with Crippen molar-refractivity contribution in [1.29, 1.82) is 0 Å². The normalized spacial score (nSPS) is 16.9. The molecular weight excluding hydrogens is 623 g/mol. The van der Waals surface area contributed by atoms with E-state index in [1.807, 2.05) is 29.8 Å². The van der Waals surface area contributed by atoms with Crippen molar-refractivity contribution in [1.82, 2.24) is 15.2 Å². The fraction of sp³-hybridized carbons (Fsp3) is 0.324. The van der Waals surface area contributed by atoms with Gasteiger partial charge in [-0.1, -0.05) is 61.4 Å². The number of likely N-dealkylation sites (tertiary alicyclic amines) is 1. The number of aromatic nitrogens is 1. The molecule has 2 aromatic heterocycles. The van der Waals surface area contributed by atoms with Crippen LogP contribution in [0.1, 0.15) is 81.4 Å². The maximum Gasteiger partial charge on any atom is 0.416 e. The number of amides is 2. The predicted molar refractivity (Wildman–Crippen MR) is 176 cm³/mol. The maximum absolute atomic E-state index is 13.6. The molecule has 0 atom stereocenters. The molecule has 0 spiro atoms. The van der Waals surface area contributed by atoms with Crippen LogP contribution >= 0.6 is 11.3 Å². The number of fused-ring (bicyclic) bond motifs is 1. The van der Waals surface area contributed by atoms with Gasteiger partial charge in [0.25, 0.3) is 11.8 Å². The third kappa shape index (κ3) is 6.18. The molecule has 10 heteroatoms. The summed E-state index contributed by atoms with van der Waals surface area (Å²) in [4.78, 5) is 33.4. The van der Waals surface area contributed by atoms with Gasteiger partial charge in [-0.3, -0.25) is 9.59 Å². The number of hydrogen-bond donors (Lipinski definition) is 1. The average molecular weight is 658 g/mol. The molecule has 47 heavy (non-hydrogen) atoms. The number of halogens is 3. The Balaban J connectivity index is 0.982. The lowest BCUT2D eigenvalue weighted by Gasteiger charge is -2.31. The highest BCUT2D eigenvalue weighted by Gasteiger charge is 2.39. The molecular formula is C37H34F3N3O3S. The lowest BCUT2D eigenvalue weighted by atomic mass is 9.78. The van der Waals surface area contributed by atoms with Crippen LogP contribution < -0.4 is 5.32 Å². The Kier molecular flexibility index (Phi) is 8.38. The highest BCUT2D eigenvalue weighted by Crippen LogP contribution is 2.44. The number of para-hydroxylation sites is 1. The lowest BCUT2D eigenvalue weighted by molar-refractivity contribution is -0.137. The summed E-state index contributed by atoms with van der Waals surface area (Å²) in [6, 6.07) is 20.0. The van der Waals surface area contributed by atoms with E-state index in [1.165, 1.54) is 23.5 Å². The van der Waals surface area contributed by atoms with Gasteiger partial charge in [0.15, 0.2) is 0 Å². The van der Waals surface area contributed by atoms with Gasteiger partial charge < -0.3 is 14.6 Å². The molecule has 2 fully saturated rings. The van der Waals surface area contributed by atoms with Crippen molar-refractivity contribution in [2.24, 2.45) is 0 Å². The first kappa shape index (κ1) is 31.2. The number of alkyl halides is 3. The topological polar surface area (TPSA) is 75.4 Å².